The lowest BCUT2D eigenvalue weighted by Crippen LogP contribution is -2.69. The van der Waals surface area contributed by atoms with Crippen LogP contribution in [0.3, 0.4) is 0 Å². The van der Waals surface area contributed by atoms with Crippen molar-refractivity contribution in [2.75, 3.05) is 0 Å². The highest BCUT2D eigenvalue weighted by Gasteiger charge is 2.66. The highest BCUT2D eigenvalue weighted by molar-refractivity contribution is 6.32. The summed E-state index contributed by atoms with van der Waals surface area (Å²) in [5.74, 6) is -3.28. The van der Waals surface area contributed by atoms with E-state index in [4.69, 9.17) is 18.9 Å². The van der Waals surface area contributed by atoms with Crippen molar-refractivity contribution in [2.24, 2.45) is 0 Å². The molecule has 12 heteroatoms. The third-order valence-electron chi connectivity index (χ3n) is 9.67. The lowest BCUT2D eigenvalue weighted by atomic mass is 9.57. The van der Waals surface area contributed by atoms with Gasteiger partial charge in [0, 0.05) is 42.4 Å². The lowest BCUT2D eigenvalue weighted by molar-refractivity contribution is -0.347. The molecule has 6 aliphatic rings. The molecule has 228 valence electrons. The third kappa shape index (κ3) is 3.94. The van der Waals surface area contributed by atoms with Crippen LogP contribution in [0.2, 0.25) is 0 Å². The molecule has 3 aliphatic carbocycles. The number of rotatable bonds is 1. The van der Waals surface area contributed by atoms with E-state index in [0.29, 0.717) is 0 Å². The van der Waals surface area contributed by atoms with Crippen LogP contribution in [-0.4, -0.2) is 97.2 Å². The molecular weight excluding hydrogens is 564 g/mol. The summed E-state index contributed by atoms with van der Waals surface area (Å²) < 4.78 is 24.2. The van der Waals surface area contributed by atoms with Crippen molar-refractivity contribution in [2.45, 2.75) is 106 Å². The summed E-state index contributed by atoms with van der Waals surface area (Å²) in [5, 5.41) is 44.9. The number of aromatic hydroxyl groups is 1. The molecule has 10 atom stereocenters. The van der Waals surface area contributed by atoms with Gasteiger partial charge in [-0.25, -0.2) is 0 Å². The second-order valence-corrected chi connectivity index (χ2v) is 12.8. The fraction of sp³-hybridized carbons (Fsp3) is 0.548. The molecule has 3 saturated heterocycles. The van der Waals surface area contributed by atoms with Crippen molar-refractivity contribution in [1.82, 2.24) is 0 Å². The molecule has 4 fully saturated rings. The van der Waals surface area contributed by atoms with E-state index in [9.17, 15) is 39.6 Å². The first-order valence-corrected chi connectivity index (χ1v) is 14.4. The fourth-order valence-corrected chi connectivity index (χ4v) is 7.56. The summed E-state index contributed by atoms with van der Waals surface area (Å²) in [5.41, 5.74) is -7.95. The maximum atomic E-state index is 13.8. The van der Waals surface area contributed by atoms with Crippen molar-refractivity contribution >= 4 is 23.1 Å². The Morgan fingerprint density at radius 3 is 2.42 bits per heavy atom. The van der Waals surface area contributed by atoms with Crippen LogP contribution in [0.5, 0.6) is 5.75 Å². The largest absolute Gasteiger partial charge is 0.507 e. The van der Waals surface area contributed by atoms with Gasteiger partial charge < -0.3 is 39.4 Å². The molecule has 0 amide bonds. The predicted molar refractivity (Wildman–Crippen MR) is 143 cm³/mol. The van der Waals surface area contributed by atoms with E-state index in [1.807, 2.05) is 0 Å². The number of carbonyl (C=O) groups excluding carboxylic acids is 4. The number of Topliss-reactive ketones (excluding diaryl/α,β-unsaturated/α-hetero) is 4. The van der Waals surface area contributed by atoms with Crippen LogP contribution in [0.25, 0.3) is 0 Å². The van der Waals surface area contributed by atoms with E-state index in [-0.39, 0.29) is 40.9 Å². The monoisotopic (exact) mass is 596 g/mol. The smallest absolute Gasteiger partial charge is 0.198 e. The van der Waals surface area contributed by atoms with Gasteiger partial charge in [0.25, 0.3) is 0 Å². The van der Waals surface area contributed by atoms with E-state index >= 15 is 0 Å². The van der Waals surface area contributed by atoms with Crippen LogP contribution in [0.4, 0.5) is 0 Å². The molecule has 3 aliphatic heterocycles. The van der Waals surface area contributed by atoms with Crippen LogP contribution in [-0.2, 0) is 28.5 Å². The molecule has 0 spiro atoms. The van der Waals surface area contributed by atoms with Gasteiger partial charge in [0.15, 0.2) is 35.0 Å². The van der Waals surface area contributed by atoms with Crippen molar-refractivity contribution < 1.29 is 58.6 Å². The normalized spacial score (nSPS) is 43.9. The van der Waals surface area contributed by atoms with Crippen molar-refractivity contribution in [3.8, 4) is 5.75 Å². The molecular formula is C31H32O12. The summed E-state index contributed by atoms with van der Waals surface area (Å²) in [6.07, 6.45) is -2.64. The number of allylic oxidation sites excluding steroid dienone is 2. The van der Waals surface area contributed by atoms with Gasteiger partial charge >= 0.3 is 0 Å². The number of benzene rings is 1. The van der Waals surface area contributed by atoms with Crippen LogP contribution in [0.1, 0.15) is 78.8 Å². The SMILES string of the molecule is C[C@H]1O[C@@H]2O[C@H]3[C@@H](C)O[C@@H](c4ccc5c(c4O)C(=O)C4=C(C5=O)[C@@]5(O)C(=O)C[C@](C)(O)C[C@@]5(O)C=C4)C[C@H]3O[C@H]2CC1=O. The molecule has 1 aromatic carbocycles. The quantitative estimate of drug-likeness (QED) is 0.360. The first-order valence-electron chi connectivity index (χ1n) is 14.4. The first kappa shape index (κ1) is 28.7. The average Bonchev–Trinajstić information content (AvgIpc) is 2.92. The Bertz CT molecular complexity index is 1560. The fourth-order valence-electron chi connectivity index (χ4n) is 7.56. The van der Waals surface area contributed by atoms with Gasteiger partial charge in [-0.05, 0) is 32.9 Å². The average molecular weight is 597 g/mol. The van der Waals surface area contributed by atoms with E-state index in [2.05, 4.69) is 0 Å². The van der Waals surface area contributed by atoms with Gasteiger partial charge in [-0.15, -0.1) is 0 Å². The topological polar surface area (TPSA) is 186 Å². The van der Waals surface area contributed by atoms with Crippen LogP contribution in [0.15, 0.2) is 35.4 Å². The van der Waals surface area contributed by atoms with Crippen molar-refractivity contribution in [3.05, 3.63) is 52.1 Å². The molecule has 3 heterocycles. The summed E-state index contributed by atoms with van der Waals surface area (Å²) in [4.78, 5) is 53.0. The summed E-state index contributed by atoms with van der Waals surface area (Å²) >= 11 is 0. The minimum atomic E-state index is -2.76. The summed E-state index contributed by atoms with van der Waals surface area (Å²) in [7, 11) is 0. The molecule has 0 radical (unpaired) electrons. The predicted octanol–water partition coefficient (Wildman–Crippen LogP) is 0.920. The highest BCUT2D eigenvalue weighted by Crippen LogP contribution is 2.52. The Kier molecular flexibility index (Phi) is 6.14. The maximum absolute atomic E-state index is 13.8. The van der Waals surface area contributed by atoms with Crippen molar-refractivity contribution in [1.29, 1.82) is 0 Å². The molecule has 1 saturated carbocycles. The number of ketones is 4. The van der Waals surface area contributed by atoms with E-state index < -0.39 is 101 Å². The van der Waals surface area contributed by atoms with Gasteiger partial charge in [-0.2, -0.15) is 0 Å². The Hall–Kier alpha value is -3.10. The number of phenols is 1. The molecule has 12 nitrogen and oxygen atoms in total. The summed E-state index contributed by atoms with van der Waals surface area (Å²) in [6.45, 7) is 4.78. The Labute approximate surface area is 245 Å². The van der Waals surface area contributed by atoms with Crippen molar-refractivity contribution in [3.63, 3.8) is 0 Å². The zero-order chi connectivity index (χ0) is 30.8. The minimum Gasteiger partial charge on any atom is -0.507 e. The van der Waals surface area contributed by atoms with E-state index in [1.165, 1.54) is 19.1 Å². The molecule has 0 bridgehead atoms. The molecule has 43 heavy (non-hydrogen) atoms. The minimum absolute atomic E-state index is 0.0932. The number of carbonyl (C=O) groups is 4. The van der Waals surface area contributed by atoms with Crippen LogP contribution >= 0.6 is 0 Å². The number of phenolic OH excluding ortho intramolecular Hbond substituents is 1. The van der Waals surface area contributed by atoms with Gasteiger partial charge in [-0.1, -0.05) is 12.1 Å². The number of hydrogen-bond acceptors (Lipinski definition) is 12. The second kappa shape index (κ2) is 9.21. The molecule has 1 aromatic rings. The standard InChI is InChI=1S/C31H32O12/c1-12-17(32)8-20-28(41-12)43-27-13(2)40-18(9-19(27)42-20)14-4-5-15-22(24(14)34)25(35)16-6-7-30(38)11-29(3,37)10-21(33)31(30,39)23(16)26(15)36/h4-7,12-13,18-20,27-28,34,37-39H,8-11H2,1-3H3/t12-,13-,18-,19-,20+,27+,28-,29+,30+,31+/m1/s1. The molecule has 0 unspecified atom stereocenters. The van der Waals surface area contributed by atoms with E-state index in [1.54, 1.807) is 13.8 Å². The summed E-state index contributed by atoms with van der Waals surface area (Å²) in [6, 6.07) is 2.76. The zero-order valence-electron chi connectivity index (χ0n) is 23.7. The maximum Gasteiger partial charge on any atom is 0.198 e. The highest BCUT2D eigenvalue weighted by atomic mass is 16.7. The van der Waals surface area contributed by atoms with Gasteiger partial charge in [0.05, 0.1) is 35.0 Å². The first-order chi connectivity index (χ1) is 20.1. The van der Waals surface area contributed by atoms with E-state index in [0.717, 1.165) is 12.2 Å². The molecule has 0 aromatic heterocycles. The number of fused-ring (bicyclic) bond motifs is 5. The number of ether oxygens (including phenoxy) is 4. The molecule has 4 N–H and O–H groups in total. The van der Waals surface area contributed by atoms with Gasteiger partial charge in [0.2, 0.25) is 0 Å². The second-order valence-electron chi connectivity index (χ2n) is 12.8. The lowest BCUT2D eigenvalue weighted by Gasteiger charge is -2.51. The Morgan fingerprint density at radius 1 is 0.930 bits per heavy atom. The van der Waals surface area contributed by atoms with Crippen LogP contribution in [0, 0.1) is 0 Å². The number of aliphatic hydroxyl groups is 3. The van der Waals surface area contributed by atoms with Gasteiger partial charge in [-0.3, -0.25) is 19.2 Å². The Morgan fingerprint density at radius 2 is 1.67 bits per heavy atom. The molecule has 7 rings (SSSR count). The zero-order valence-corrected chi connectivity index (χ0v) is 23.7. The van der Waals surface area contributed by atoms with Crippen LogP contribution < -0.4 is 0 Å². The van der Waals surface area contributed by atoms with Gasteiger partial charge in [0.1, 0.15) is 29.7 Å². The Balaban J connectivity index is 1.21. The number of hydrogen-bond donors (Lipinski definition) is 4. The third-order valence-corrected chi connectivity index (χ3v) is 9.67.